The van der Waals surface area contributed by atoms with Crippen LogP contribution in [0.15, 0.2) is 16.5 Å². The lowest BCUT2D eigenvalue weighted by Crippen LogP contribution is -2.20. The number of thiophene rings is 1. The largest absolute Gasteiger partial charge is 0.298 e. The first kappa shape index (κ1) is 13.6. The van der Waals surface area contributed by atoms with Crippen LogP contribution in [0, 0.1) is 12.8 Å². The molecule has 0 fully saturated rings. The molecule has 0 amide bonds. The lowest BCUT2D eigenvalue weighted by molar-refractivity contribution is 0.464. The van der Waals surface area contributed by atoms with Gasteiger partial charge in [-0.15, -0.1) is 22.9 Å². The molecule has 3 nitrogen and oxygen atoms in total. The van der Waals surface area contributed by atoms with Gasteiger partial charge in [0.15, 0.2) is 0 Å². The summed E-state index contributed by atoms with van der Waals surface area (Å²) in [7, 11) is 0. The number of alkyl halides is 1. The summed E-state index contributed by atoms with van der Waals surface area (Å²) in [4.78, 5) is 16.6. The molecule has 1 atom stereocenters. The van der Waals surface area contributed by atoms with Crippen molar-refractivity contribution in [3.05, 3.63) is 27.6 Å². The van der Waals surface area contributed by atoms with Gasteiger partial charge in [-0.1, -0.05) is 6.92 Å². The van der Waals surface area contributed by atoms with E-state index in [1.165, 1.54) is 11.3 Å². The minimum absolute atomic E-state index is 0.0798. The van der Waals surface area contributed by atoms with Crippen LogP contribution in [0.5, 0.6) is 0 Å². The lowest BCUT2D eigenvalue weighted by atomic mass is 10.1. The number of halogens is 1. The molecule has 0 radical (unpaired) electrons. The van der Waals surface area contributed by atoms with Crippen molar-refractivity contribution < 1.29 is 0 Å². The van der Waals surface area contributed by atoms with E-state index in [-0.39, 0.29) is 5.56 Å². The van der Waals surface area contributed by atoms with Crippen LogP contribution < -0.4 is 5.56 Å². The number of fused-ring (bicyclic) bond motifs is 1. The van der Waals surface area contributed by atoms with Crippen molar-refractivity contribution in [3.63, 3.8) is 0 Å². The molecule has 0 spiro atoms. The first-order chi connectivity index (χ1) is 8.63. The molecule has 0 bridgehead atoms. The van der Waals surface area contributed by atoms with Crippen molar-refractivity contribution >= 4 is 33.2 Å². The summed E-state index contributed by atoms with van der Waals surface area (Å²) < 4.78 is 2.48. The Morgan fingerprint density at radius 3 is 3.00 bits per heavy atom. The minimum Gasteiger partial charge on any atom is -0.298 e. The molecule has 0 saturated heterocycles. The highest BCUT2D eigenvalue weighted by Gasteiger charge is 2.09. The summed E-state index contributed by atoms with van der Waals surface area (Å²) >= 11 is 7.19. The lowest BCUT2D eigenvalue weighted by Gasteiger charge is -2.10. The Morgan fingerprint density at radius 1 is 1.50 bits per heavy atom. The van der Waals surface area contributed by atoms with Crippen molar-refractivity contribution in [2.24, 2.45) is 5.92 Å². The maximum Gasteiger partial charge on any atom is 0.271 e. The fourth-order valence-electron chi connectivity index (χ4n) is 1.91. The van der Waals surface area contributed by atoms with Gasteiger partial charge in [0.05, 0.1) is 11.8 Å². The fraction of sp³-hybridized carbons (Fsp3) is 0.538. The predicted molar refractivity (Wildman–Crippen MR) is 77.7 cm³/mol. The van der Waals surface area contributed by atoms with Crippen LogP contribution in [0.3, 0.4) is 0 Å². The van der Waals surface area contributed by atoms with Gasteiger partial charge in [0.1, 0.15) is 4.70 Å². The second-order valence-corrected chi connectivity index (χ2v) is 5.97. The molecule has 0 N–H and O–H groups in total. The van der Waals surface area contributed by atoms with E-state index in [9.17, 15) is 4.79 Å². The van der Waals surface area contributed by atoms with Gasteiger partial charge in [-0.05, 0) is 36.6 Å². The Kier molecular flexibility index (Phi) is 4.40. The summed E-state index contributed by atoms with van der Waals surface area (Å²) in [5.74, 6) is 1.22. The molecule has 2 rings (SSSR count). The molecule has 0 aromatic carbocycles. The SMILES string of the molecule is Cc1csc2c(=O)n(CCC(C)CCCl)cnc12. The van der Waals surface area contributed by atoms with E-state index in [1.807, 2.05) is 12.3 Å². The van der Waals surface area contributed by atoms with Gasteiger partial charge in [-0.3, -0.25) is 9.36 Å². The molecule has 98 valence electrons. The zero-order valence-corrected chi connectivity index (χ0v) is 12.2. The molecule has 2 aromatic rings. The maximum absolute atomic E-state index is 12.2. The number of rotatable bonds is 5. The molecule has 2 aromatic heterocycles. The molecule has 2 heterocycles. The van der Waals surface area contributed by atoms with Gasteiger partial charge in [0.25, 0.3) is 5.56 Å². The third-order valence-corrected chi connectivity index (χ3v) is 4.48. The molecule has 18 heavy (non-hydrogen) atoms. The van der Waals surface area contributed by atoms with E-state index in [4.69, 9.17) is 11.6 Å². The Balaban J connectivity index is 2.19. The van der Waals surface area contributed by atoms with Crippen molar-refractivity contribution in [1.29, 1.82) is 0 Å². The minimum atomic E-state index is 0.0798. The van der Waals surface area contributed by atoms with Crippen molar-refractivity contribution in [2.45, 2.75) is 33.2 Å². The Labute approximate surface area is 115 Å². The molecule has 0 aliphatic heterocycles. The van der Waals surface area contributed by atoms with E-state index >= 15 is 0 Å². The maximum atomic E-state index is 12.2. The van der Waals surface area contributed by atoms with Gasteiger partial charge in [-0.2, -0.15) is 0 Å². The third kappa shape index (κ3) is 2.75. The topological polar surface area (TPSA) is 34.9 Å². The monoisotopic (exact) mass is 284 g/mol. The van der Waals surface area contributed by atoms with Crippen LogP contribution in [0.4, 0.5) is 0 Å². The molecule has 5 heteroatoms. The molecule has 0 saturated carbocycles. The second kappa shape index (κ2) is 5.85. The first-order valence-electron chi connectivity index (χ1n) is 6.12. The van der Waals surface area contributed by atoms with Crippen molar-refractivity contribution in [1.82, 2.24) is 9.55 Å². The second-order valence-electron chi connectivity index (χ2n) is 4.71. The third-order valence-electron chi connectivity index (χ3n) is 3.19. The number of aryl methyl sites for hydroxylation is 2. The highest BCUT2D eigenvalue weighted by Crippen LogP contribution is 2.19. The Hall–Kier alpha value is -0.870. The van der Waals surface area contributed by atoms with Gasteiger partial charge in [0, 0.05) is 12.4 Å². The Bertz CT molecular complexity index is 590. The first-order valence-corrected chi connectivity index (χ1v) is 7.54. The number of nitrogens with zero attached hydrogens (tertiary/aromatic N) is 2. The van der Waals surface area contributed by atoms with Gasteiger partial charge < -0.3 is 0 Å². The molecular formula is C13H17ClN2OS. The van der Waals surface area contributed by atoms with Crippen LogP contribution in [-0.2, 0) is 6.54 Å². The quantitative estimate of drug-likeness (QED) is 0.789. The summed E-state index contributed by atoms with van der Waals surface area (Å²) in [6.07, 6.45) is 3.62. The Morgan fingerprint density at radius 2 is 2.28 bits per heavy atom. The zero-order valence-electron chi connectivity index (χ0n) is 10.6. The average Bonchev–Trinajstić information content (AvgIpc) is 2.72. The smallest absolute Gasteiger partial charge is 0.271 e. The van der Waals surface area contributed by atoms with E-state index in [0.717, 1.165) is 35.2 Å². The van der Waals surface area contributed by atoms with Crippen LogP contribution in [0.2, 0.25) is 0 Å². The van der Waals surface area contributed by atoms with E-state index in [2.05, 4.69) is 11.9 Å². The standard InChI is InChI=1S/C13H17ClN2OS/c1-9(3-5-14)4-6-16-8-15-11-10(2)7-18-12(11)13(16)17/h7-9H,3-6H2,1-2H3. The predicted octanol–water partition coefficient (Wildman–Crippen LogP) is 3.42. The van der Waals surface area contributed by atoms with Gasteiger partial charge in [0.2, 0.25) is 0 Å². The molecule has 1 unspecified atom stereocenters. The molecular weight excluding hydrogens is 268 g/mol. The highest BCUT2D eigenvalue weighted by atomic mass is 35.5. The summed E-state index contributed by atoms with van der Waals surface area (Å²) in [6.45, 7) is 4.86. The van der Waals surface area contributed by atoms with Crippen LogP contribution >= 0.6 is 22.9 Å². The van der Waals surface area contributed by atoms with Gasteiger partial charge >= 0.3 is 0 Å². The van der Waals surface area contributed by atoms with E-state index < -0.39 is 0 Å². The normalized spacial score (nSPS) is 13.1. The molecule has 0 aliphatic rings. The molecule has 0 aliphatic carbocycles. The number of hydrogen-bond acceptors (Lipinski definition) is 3. The van der Waals surface area contributed by atoms with E-state index in [0.29, 0.717) is 11.8 Å². The van der Waals surface area contributed by atoms with Crippen molar-refractivity contribution in [2.75, 3.05) is 5.88 Å². The van der Waals surface area contributed by atoms with E-state index in [1.54, 1.807) is 10.9 Å². The average molecular weight is 285 g/mol. The zero-order chi connectivity index (χ0) is 13.1. The van der Waals surface area contributed by atoms with Crippen molar-refractivity contribution in [3.8, 4) is 0 Å². The van der Waals surface area contributed by atoms with Gasteiger partial charge in [-0.25, -0.2) is 4.98 Å². The van der Waals surface area contributed by atoms with Crippen LogP contribution in [-0.4, -0.2) is 15.4 Å². The highest BCUT2D eigenvalue weighted by molar-refractivity contribution is 7.17. The summed E-state index contributed by atoms with van der Waals surface area (Å²) in [5.41, 5.74) is 2.00. The summed E-state index contributed by atoms with van der Waals surface area (Å²) in [6, 6.07) is 0. The number of aromatic nitrogens is 2. The summed E-state index contributed by atoms with van der Waals surface area (Å²) in [5, 5.41) is 1.99. The fourth-order valence-corrected chi connectivity index (χ4v) is 3.23. The number of hydrogen-bond donors (Lipinski definition) is 0. The van der Waals surface area contributed by atoms with Crippen LogP contribution in [0.1, 0.15) is 25.3 Å². The van der Waals surface area contributed by atoms with Crippen LogP contribution in [0.25, 0.3) is 10.2 Å².